The van der Waals surface area contributed by atoms with E-state index in [1.807, 2.05) is 32.9 Å². The van der Waals surface area contributed by atoms with Crippen molar-refractivity contribution in [1.82, 2.24) is 0 Å². The van der Waals surface area contributed by atoms with Gasteiger partial charge in [0.2, 0.25) is 0 Å². The van der Waals surface area contributed by atoms with Crippen LogP contribution in [0.3, 0.4) is 0 Å². The van der Waals surface area contributed by atoms with Crippen LogP contribution in [0.15, 0.2) is 36.4 Å². The van der Waals surface area contributed by atoms with Crippen molar-refractivity contribution >= 4 is 29.2 Å². The first-order valence-electron chi connectivity index (χ1n) is 12.6. The molecule has 1 N–H and O–H groups in total. The summed E-state index contributed by atoms with van der Waals surface area (Å²) >= 11 is 13.4. The highest BCUT2D eigenvalue weighted by atomic mass is 35.5. The van der Waals surface area contributed by atoms with Gasteiger partial charge in [0.15, 0.2) is 0 Å². The lowest BCUT2D eigenvalue weighted by atomic mass is 9.70. The van der Waals surface area contributed by atoms with E-state index < -0.39 is 0 Å². The first-order chi connectivity index (χ1) is 16.5. The molecular formula is C29H38Cl2O4. The van der Waals surface area contributed by atoms with Gasteiger partial charge < -0.3 is 14.6 Å². The van der Waals surface area contributed by atoms with E-state index in [1.165, 1.54) is 0 Å². The molecule has 35 heavy (non-hydrogen) atoms. The second-order valence-electron chi connectivity index (χ2n) is 10.6. The summed E-state index contributed by atoms with van der Waals surface area (Å²) in [4.78, 5) is 11.7. The van der Waals surface area contributed by atoms with Gasteiger partial charge in [-0.15, -0.1) is 0 Å². The first kappa shape index (κ1) is 27.8. The van der Waals surface area contributed by atoms with Crippen molar-refractivity contribution in [2.24, 2.45) is 11.3 Å². The molecule has 0 radical (unpaired) electrons. The number of carbonyl (C=O) groups is 1. The molecule has 1 aliphatic rings. The smallest absolute Gasteiger partial charge is 0.312 e. The van der Waals surface area contributed by atoms with Gasteiger partial charge >= 0.3 is 5.97 Å². The van der Waals surface area contributed by atoms with Crippen LogP contribution in [0.2, 0.25) is 10.0 Å². The number of hydrogen-bond acceptors (Lipinski definition) is 4. The van der Waals surface area contributed by atoms with E-state index in [4.69, 9.17) is 32.7 Å². The fourth-order valence-electron chi connectivity index (χ4n) is 4.80. The molecule has 0 bridgehead atoms. The molecule has 0 aromatic heterocycles. The van der Waals surface area contributed by atoms with Gasteiger partial charge in [-0.1, -0.05) is 76.0 Å². The number of esters is 1. The van der Waals surface area contributed by atoms with Gasteiger partial charge in [-0.05, 0) is 72.4 Å². The maximum absolute atomic E-state index is 11.7. The number of aliphatic hydroxyl groups is 1. The highest BCUT2D eigenvalue weighted by molar-refractivity contribution is 6.32. The van der Waals surface area contributed by atoms with Crippen LogP contribution in [-0.4, -0.2) is 30.4 Å². The number of aryl methyl sites for hydroxylation is 1. The topological polar surface area (TPSA) is 55.8 Å². The number of rotatable bonds is 10. The maximum Gasteiger partial charge on any atom is 0.312 e. The summed E-state index contributed by atoms with van der Waals surface area (Å²) in [6.07, 6.45) is 3.46. The number of hydrogen-bond donors (Lipinski definition) is 1. The predicted molar refractivity (Wildman–Crippen MR) is 143 cm³/mol. The summed E-state index contributed by atoms with van der Waals surface area (Å²) in [6, 6.07) is 12.2. The molecule has 192 valence electrons. The SMILES string of the molecule is CCC(CC)(c1ccc(CC[C@@H](O)C(C)(C)C)c(Cl)c1)c1ccc(OC[C@H]2CCOC2=O)c(Cl)c1. The molecule has 1 fully saturated rings. The van der Waals surface area contributed by atoms with Crippen LogP contribution in [0, 0.1) is 11.3 Å². The molecule has 0 unspecified atom stereocenters. The monoisotopic (exact) mass is 520 g/mol. The van der Waals surface area contributed by atoms with E-state index >= 15 is 0 Å². The highest BCUT2D eigenvalue weighted by Crippen LogP contribution is 2.42. The molecule has 2 aromatic carbocycles. The van der Waals surface area contributed by atoms with E-state index in [2.05, 4.69) is 38.1 Å². The molecule has 2 atom stereocenters. The Morgan fingerprint density at radius 1 is 1.06 bits per heavy atom. The first-order valence-corrected chi connectivity index (χ1v) is 13.3. The third-order valence-corrected chi connectivity index (χ3v) is 8.12. The Hall–Kier alpha value is -1.75. The van der Waals surface area contributed by atoms with Crippen molar-refractivity contribution in [3.8, 4) is 5.75 Å². The van der Waals surface area contributed by atoms with Crippen LogP contribution in [0.1, 0.15) is 77.0 Å². The normalized spacial score (nSPS) is 17.4. The second kappa shape index (κ2) is 11.5. The predicted octanol–water partition coefficient (Wildman–Crippen LogP) is 7.38. The van der Waals surface area contributed by atoms with E-state index in [1.54, 1.807) is 0 Å². The Labute approximate surface area is 219 Å². The van der Waals surface area contributed by atoms with Crippen molar-refractivity contribution in [3.05, 3.63) is 63.1 Å². The van der Waals surface area contributed by atoms with Crippen LogP contribution in [0.5, 0.6) is 5.75 Å². The van der Waals surface area contributed by atoms with Gasteiger partial charge in [0.05, 0.1) is 23.7 Å². The molecule has 3 rings (SSSR count). The molecule has 0 spiro atoms. The Morgan fingerprint density at radius 3 is 2.20 bits per heavy atom. The van der Waals surface area contributed by atoms with Crippen molar-refractivity contribution in [2.75, 3.05) is 13.2 Å². The van der Waals surface area contributed by atoms with Crippen LogP contribution in [-0.2, 0) is 21.4 Å². The minimum absolute atomic E-state index is 0.151. The molecule has 6 heteroatoms. The number of benzene rings is 2. The average Bonchev–Trinajstić information content (AvgIpc) is 3.23. The molecule has 0 aliphatic carbocycles. The fraction of sp³-hybridized carbons (Fsp3) is 0.552. The standard InChI is InChI=1S/C29H38Cl2O4/c1-6-29(7-2,21-10-8-19(23(30)16-21)9-13-26(32)28(3,4)5)22-11-12-25(24(31)17-22)35-18-20-14-15-34-27(20)33/h8,10-12,16-17,20,26,32H,6-7,9,13-15,18H2,1-5H3/t20-,26-/m1/s1. The van der Waals surface area contributed by atoms with Gasteiger partial charge in [0, 0.05) is 10.4 Å². The molecule has 1 heterocycles. The van der Waals surface area contributed by atoms with Gasteiger partial charge in [-0.25, -0.2) is 0 Å². The lowest BCUT2D eigenvalue weighted by molar-refractivity contribution is -0.141. The molecule has 0 amide bonds. The minimum Gasteiger partial charge on any atom is -0.491 e. The summed E-state index contributed by atoms with van der Waals surface area (Å²) in [5, 5.41) is 11.7. The zero-order chi connectivity index (χ0) is 25.8. The molecular weight excluding hydrogens is 483 g/mol. The third kappa shape index (κ3) is 6.34. The van der Waals surface area contributed by atoms with Crippen LogP contribution >= 0.6 is 23.2 Å². The van der Waals surface area contributed by atoms with Crippen LogP contribution in [0.4, 0.5) is 0 Å². The highest BCUT2D eigenvalue weighted by Gasteiger charge is 2.32. The Kier molecular flexibility index (Phi) is 9.17. The molecule has 0 saturated carbocycles. The number of cyclic esters (lactones) is 1. The lowest BCUT2D eigenvalue weighted by Gasteiger charge is -2.34. The number of ether oxygens (including phenoxy) is 2. The van der Waals surface area contributed by atoms with Gasteiger partial charge in [-0.3, -0.25) is 4.79 Å². The van der Waals surface area contributed by atoms with E-state index in [-0.39, 0.29) is 35.4 Å². The largest absolute Gasteiger partial charge is 0.491 e. The minimum atomic E-state index is -0.384. The molecule has 1 aliphatic heterocycles. The van der Waals surface area contributed by atoms with Gasteiger partial charge in [-0.2, -0.15) is 0 Å². The molecule has 1 saturated heterocycles. The second-order valence-corrected chi connectivity index (χ2v) is 11.4. The quantitative estimate of drug-likeness (QED) is 0.332. The third-order valence-electron chi connectivity index (χ3n) is 7.47. The van der Waals surface area contributed by atoms with E-state index in [9.17, 15) is 9.90 Å². The van der Waals surface area contributed by atoms with E-state index in [0.717, 1.165) is 41.0 Å². The Bertz CT molecular complexity index is 1020. The number of carbonyl (C=O) groups excluding carboxylic acids is 1. The van der Waals surface area contributed by atoms with Crippen molar-refractivity contribution in [2.45, 2.75) is 78.2 Å². The summed E-state index contributed by atoms with van der Waals surface area (Å²) in [5.41, 5.74) is 2.90. The van der Waals surface area contributed by atoms with Gasteiger partial charge in [0.1, 0.15) is 12.4 Å². The number of aliphatic hydroxyl groups excluding tert-OH is 1. The average molecular weight is 522 g/mol. The van der Waals surface area contributed by atoms with Gasteiger partial charge in [0.25, 0.3) is 0 Å². The lowest BCUT2D eigenvalue weighted by Crippen LogP contribution is -2.27. The number of halogens is 2. The van der Waals surface area contributed by atoms with Crippen LogP contribution < -0.4 is 4.74 Å². The summed E-state index contributed by atoms with van der Waals surface area (Å²) < 4.78 is 10.9. The summed E-state index contributed by atoms with van der Waals surface area (Å²) in [5.74, 6) is 0.130. The Morgan fingerprint density at radius 2 is 1.69 bits per heavy atom. The summed E-state index contributed by atoms with van der Waals surface area (Å²) in [6.45, 7) is 11.2. The van der Waals surface area contributed by atoms with E-state index in [0.29, 0.717) is 30.2 Å². The Balaban J connectivity index is 1.81. The molecule has 4 nitrogen and oxygen atoms in total. The van der Waals surface area contributed by atoms with Crippen molar-refractivity contribution < 1.29 is 19.4 Å². The maximum atomic E-state index is 11.7. The van der Waals surface area contributed by atoms with Crippen molar-refractivity contribution in [3.63, 3.8) is 0 Å². The zero-order valence-electron chi connectivity index (χ0n) is 21.5. The van der Waals surface area contributed by atoms with Crippen molar-refractivity contribution in [1.29, 1.82) is 0 Å². The zero-order valence-corrected chi connectivity index (χ0v) is 23.0. The molecule has 2 aromatic rings. The fourth-order valence-corrected chi connectivity index (χ4v) is 5.31. The van der Waals surface area contributed by atoms with Crippen LogP contribution in [0.25, 0.3) is 0 Å². The summed E-state index contributed by atoms with van der Waals surface area (Å²) in [7, 11) is 0.